The topological polar surface area (TPSA) is 54.2 Å². The SMILES string of the molecule is NCCCCNC1CCC(N2CCc3cncc4cccc2c34)CC1. The summed E-state index contributed by atoms with van der Waals surface area (Å²) in [4.78, 5) is 7.09. The molecule has 3 N–H and O–H groups in total. The van der Waals surface area contributed by atoms with Gasteiger partial charge in [-0.3, -0.25) is 4.98 Å². The van der Waals surface area contributed by atoms with Gasteiger partial charge in [-0.2, -0.15) is 0 Å². The number of hydrogen-bond acceptors (Lipinski definition) is 4. The smallest absolute Gasteiger partial charge is 0.0452 e. The fourth-order valence-corrected chi connectivity index (χ4v) is 4.62. The van der Waals surface area contributed by atoms with Crippen LogP contribution < -0.4 is 16.0 Å². The van der Waals surface area contributed by atoms with Crippen molar-refractivity contribution < 1.29 is 0 Å². The van der Waals surface area contributed by atoms with Crippen LogP contribution >= 0.6 is 0 Å². The fraction of sp³-hybridized carbons (Fsp3) is 0.571. The molecule has 1 saturated carbocycles. The van der Waals surface area contributed by atoms with Crippen molar-refractivity contribution >= 4 is 16.5 Å². The number of rotatable bonds is 6. The van der Waals surface area contributed by atoms with E-state index in [0.717, 1.165) is 32.5 Å². The minimum atomic E-state index is 0.689. The molecule has 2 heterocycles. The highest BCUT2D eigenvalue weighted by atomic mass is 15.2. The van der Waals surface area contributed by atoms with Gasteiger partial charge in [0.05, 0.1) is 0 Å². The Morgan fingerprint density at radius 2 is 2.00 bits per heavy atom. The monoisotopic (exact) mass is 338 g/mol. The van der Waals surface area contributed by atoms with E-state index in [1.165, 1.54) is 54.1 Å². The lowest BCUT2D eigenvalue weighted by Gasteiger charge is -2.41. The minimum absolute atomic E-state index is 0.689. The van der Waals surface area contributed by atoms with Crippen LogP contribution in [0, 0.1) is 0 Å². The van der Waals surface area contributed by atoms with Crippen molar-refractivity contribution in [2.24, 2.45) is 5.73 Å². The number of aromatic nitrogens is 1. The Hall–Kier alpha value is -1.65. The van der Waals surface area contributed by atoms with E-state index in [4.69, 9.17) is 5.73 Å². The van der Waals surface area contributed by atoms with E-state index in [9.17, 15) is 0 Å². The van der Waals surface area contributed by atoms with Crippen LogP contribution in [0.5, 0.6) is 0 Å². The zero-order valence-corrected chi connectivity index (χ0v) is 15.1. The van der Waals surface area contributed by atoms with Gasteiger partial charge in [-0.15, -0.1) is 0 Å². The highest BCUT2D eigenvalue weighted by molar-refractivity contribution is 5.97. The second kappa shape index (κ2) is 7.71. The average Bonchev–Trinajstić information content (AvgIpc) is 2.67. The molecule has 0 saturated heterocycles. The van der Waals surface area contributed by atoms with E-state index >= 15 is 0 Å². The molecule has 1 aromatic carbocycles. The van der Waals surface area contributed by atoms with Crippen molar-refractivity contribution in [3.05, 3.63) is 36.2 Å². The van der Waals surface area contributed by atoms with Crippen LogP contribution in [0.15, 0.2) is 30.6 Å². The quantitative estimate of drug-likeness (QED) is 0.794. The summed E-state index contributed by atoms with van der Waals surface area (Å²) in [6.45, 7) is 3.07. The molecule has 0 amide bonds. The predicted octanol–water partition coefficient (Wildman–Crippen LogP) is 3.24. The van der Waals surface area contributed by atoms with Gasteiger partial charge in [0, 0.05) is 47.5 Å². The molecule has 4 heteroatoms. The lowest BCUT2D eigenvalue weighted by atomic mass is 9.88. The third kappa shape index (κ3) is 3.51. The van der Waals surface area contributed by atoms with Crippen molar-refractivity contribution in [3.63, 3.8) is 0 Å². The van der Waals surface area contributed by atoms with Crippen LogP contribution in [0.3, 0.4) is 0 Å². The van der Waals surface area contributed by atoms with E-state index in [1.807, 2.05) is 6.20 Å². The molecule has 0 radical (unpaired) electrons. The summed E-state index contributed by atoms with van der Waals surface area (Å²) in [5, 5.41) is 6.46. The summed E-state index contributed by atoms with van der Waals surface area (Å²) >= 11 is 0. The number of nitrogens with zero attached hydrogens (tertiary/aromatic N) is 2. The third-order valence-corrected chi connectivity index (χ3v) is 5.97. The fourth-order valence-electron chi connectivity index (χ4n) is 4.62. The second-order valence-corrected chi connectivity index (χ2v) is 7.57. The van der Waals surface area contributed by atoms with Gasteiger partial charge < -0.3 is 16.0 Å². The maximum Gasteiger partial charge on any atom is 0.0452 e. The van der Waals surface area contributed by atoms with Gasteiger partial charge in [-0.1, -0.05) is 12.1 Å². The summed E-state index contributed by atoms with van der Waals surface area (Å²) in [6.07, 6.45) is 12.7. The molecule has 0 unspecified atom stereocenters. The molecule has 2 aliphatic rings. The molecule has 2 aromatic rings. The number of nitrogens with two attached hydrogens (primary N) is 1. The molecule has 4 nitrogen and oxygen atoms in total. The van der Waals surface area contributed by atoms with Crippen molar-refractivity contribution in [1.82, 2.24) is 10.3 Å². The number of nitrogens with one attached hydrogen (secondary N) is 1. The zero-order valence-electron chi connectivity index (χ0n) is 15.1. The van der Waals surface area contributed by atoms with Gasteiger partial charge in [0.1, 0.15) is 0 Å². The van der Waals surface area contributed by atoms with Crippen LogP contribution in [0.4, 0.5) is 5.69 Å². The molecule has 4 rings (SSSR count). The first-order valence-corrected chi connectivity index (χ1v) is 9.92. The Balaban J connectivity index is 1.42. The highest BCUT2D eigenvalue weighted by Crippen LogP contribution is 2.37. The molecule has 25 heavy (non-hydrogen) atoms. The molecule has 0 spiro atoms. The normalized spacial score (nSPS) is 23.2. The molecule has 134 valence electrons. The van der Waals surface area contributed by atoms with E-state index in [-0.39, 0.29) is 0 Å². The molecule has 1 aliphatic heterocycles. The molecular formula is C21H30N4. The Kier molecular flexibility index (Phi) is 5.18. The lowest BCUT2D eigenvalue weighted by Crippen LogP contribution is -2.44. The van der Waals surface area contributed by atoms with Crippen molar-refractivity contribution in [2.75, 3.05) is 24.5 Å². The standard InChI is InChI=1S/C21H30N4/c22-11-1-2-12-24-18-6-8-19(9-7-18)25-13-10-17-15-23-14-16-4-3-5-20(25)21(16)17/h3-5,14-15,18-19,24H,1-2,6-13,22H2. The zero-order chi connectivity index (χ0) is 17.1. The first-order chi connectivity index (χ1) is 12.4. The van der Waals surface area contributed by atoms with Gasteiger partial charge in [0.15, 0.2) is 0 Å². The Labute approximate surface area is 150 Å². The maximum absolute atomic E-state index is 5.58. The van der Waals surface area contributed by atoms with Crippen LogP contribution in [-0.4, -0.2) is 36.7 Å². The lowest BCUT2D eigenvalue weighted by molar-refractivity contribution is 0.330. The van der Waals surface area contributed by atoms with Crippen LogP contribution in [0.2, 0.25) is 0 Å². The molecule has 1 fully saturated rings. The molecule has 0 bridgehead atoms. The predicted molar refractivity (Wildman–Crippen MR) is 105 cm³/mol. The third-order valence-electron chi connectivity index (χ3n) is 5.97. The van der Waals surface area contributed by atoms with Crippen LogP contribution in [-0.2, 0) is 6.42 Å². The minimum Gasteiger partial charge on any atom is -0.368 e. The summed E-state index contributed by atoms with van der Waals surface area (Å²) in [7, 11) is 0. The average molecular weight is 338 g/mol. The number of benzene rings is 1. The van der Waals surface area contributed by atoms with Crippen LogP contribution in [0.25, 0.3) is 10.8 Å². The Morgan fingerprint density at radius 3 is 2.84 bits per heavy atom. The molecule has 1 aliphatic carbocycles. The van der Waals surface area contributed by atoms with E-state index in [2.05, 4.69) is 39.6 Å². The first-order valence-electron chi connectivity index (χ1n) is 9.92. The van der Waals surface area contributed by atoms with Gasteiger partial charge in [-0.05, 0) is 69.7 Å². The van der Waals surface area contributed by atoms with Crippen molar-refractivity contribution in [1.29, 1.82) is 0 Å². The van der Waals surface area contributed by atoms with Gasteiger partial charge >= 0.3 is 0 Å². The second-order valence-electron chi connectivity index (χ2n) is 7.57. The number of anilines is 1. The van der Waals surface area contributed by atoms with Crippen LogP contribution in [0.1, 0.15) is 44.1 Å². The Bertz CT molecular complexity index is 701. The summed E-state index contributed by atoms with van der Waals surface area (Å²) in [6, 6.07) is 8.08. The highest BCUT2D eigenvalue weighted by Gasteiger charge is 2.29. The molecule has 1 aromatic heterocycles. The van der Waals surface area contributed by atoms with Gasteiger partial charge in [-0.25, -0.2) is 0 Å². The van der Waals surface area contributed by atoms with E-state index < -0.39 is 0 Å². The number of unbranched alkanes of at least 4 members (excludes halogenated alkanes) is 1. The van der Waals surface area contributed by atoms with Crippen molar-refractivity contribution in [3.8, 4) is 0 Å². The Morgan fingerprint density at radius 1 is 1.12 bits per heavy atom. The summed E-state index contributed by atoms with van der Waals surface area (Å²) in [5.74, 6) is 0. The van der Waals surface area contributed by atoms with E-state index in [0.29, 0.717) is 12.1 Å². The van der Waals surface area contributed by atoms with E-state index in [1.54, 1.807) is 0 Å². The van der Waals surface area contributed by atoms with Gasteiger partial charge in [0.2, 0.25) is 0 Å². The van der Waals surface area contributed by atoms with Gasteiger partial charge in [0.25, 0.3) is 0 Å². The number of pyridine rings is 1. The number of hydrogen-bond donors (Lipinski definition) is 2. The summed E-state index contributed by atoms with van der Waals surface area (Å²) in [5.41, 5.74) is 8.42. The first kappa shape index (κ1) is 16.8. The molecule has 0 atom stereocenters. The largest absolute Gasteiger partial charge is 0.368 e. The summed E-state index contributed by atoms with van der Waals surface area (Å²) < 4.78 is 0. The maximum atomic E-state index is 5.58. The molecular weight excluding hydrogens is 308 g/mol. The van der Waals surface area contributed by atoms with Crippen molar-refractivity contribution in [2.45, 2.75) is 57.0 Å².